The monoisotopic (exact) mass is 474 g/mol. The molecule has 10 heteroatoms. The van der Waals surface area contributed by atoms with Gasteiger partial charge in [-0.1, -0.05) is 51.4 Å². The minimum atomic E-state index is -1.00. The smallest absolute Gasteiger partial charge is 0.347 e. The molecule has 2 heterocycles. The number of aliphatic carboxylic acids is 1. The van der Waals surface area contributed by atoms with Crippen molar-refractivity contribution < 1.29 is 19.8 Å². The number of aromatic nitrogens is 1. The second-order valence-electron chi connectivity index (χ2n) is 5.27. The number of carboxylic acids is 2. The number of thioether (sulfide) groups is 1. The first-order valence-electron chi connectivity index (χ1n) is 7.35. The number of nitrogens with zero attached hydrogens (tertiary/aromatic N) is 2. The van der Waals surface area contributed by atoms with Crippen molar-refractivity contribution in [3.8, 4) is 0 Å². The summed E-state index contributed by atoms with van der Waals surface area (Å²) in [5, 5.41) is 19.8. The van der Waals surface area contributed by atoms with Gasteiger partial charge in [-0.25, -0.2) is 14.6 Å². The molecular formula is C16H12BrClN2O4S2. The number of thiazole rings is 1. The second-order valence-corrected chi connectivity index (χ2v) is 9.39. The van der Waals surface area contributed by atoms with E-state index in [1.165, 1.54) is 18.0 Å². The van der Waals surface area contributed by atoms with Crippen LogP contribution in [0.5, 0.6) is 0 Å². The molecule has 0 saturated heterocycles. The van der Waals surface area contributed by atoms with E-state index in [4.69, 9.17) is 16.7 Å². The summed E-state index contributed by atoms with van der Waals surface area (Å²) in [5.41, 5.74) is 1.30. The molecule has 1 aliphatic heterocycles. The largest absolute Gasteiger partial charge is 0.477 e. The third-order valence-electron chi connectivity index (χ3n) is 3.59. The van der Waals surface area contributed by atoms with Crippen LogP contribution >= 0.6 is 50.6 Å². The summed E-state index contributed by atoms with van der Waals surface area (Å²) in [6.07, 6.45) is 1.83. The van der Waals surface area contributed by atoms with Gasteiger partial charge in [0.1, 0.15) is 14.1 Å². The fraction of sp³-hybridized carbons (Fsp3) is 0.188. The lowest BCUT2D eigenvalue weighted by Crippen LogP contribution is -2.26. The van der Waals surface area contributed by atoms with Gasteiger partial charge >= 0.3 is 11.9 Å². The number of alkyl halides is 1. The lowest BCUT2D eigenvalue weighted by atomic mass is 10.1. The van der Waals surface area contributed by atoms with E-state index in [2.05, 4.69) is 20.9 Å². The maximum Gasteiger partial charge on any atom is 0.347 e. The van der Waals surface area contributed by atoms with E-state index in [0.29, 0.717) is 28.7 Å². The molecule has 1 atom stereocenters. The zero-order valence-electron chi connectivity index (χ0n) is 13.1. The predicted molar refractivity (Wildman–Crippen MR) is 106 cm³/mol. The average molecular weight is 476 g/mol. The average Bonchev–Trinajstić information content (AvgIpc) is 3.17. The summed E-state index contributed by atoms with van der Waals surface area (Å²) in [5.74, 6) is -2.00. The van der Waals surface area contributed by atoms with Crippen LogP contribution in [-0.4, -0.2) is 42.9 Å². The van der Waals surface area contributed by atoms with Gasteiger partial charge in [-0.2, -0.15) is 0 Å². The highest BCUT2D eigenvalue weighted by Gasteiger charge is 2.35. The van der Waals surface area contributed by atoms with E-state index < -0.39 is 11.9 Å². The summed E-state index contributed by atoms with van der Waals surface area (Å²) < 4.78 is -0.249. The number of hydrogen-bond donors (Lipinski definition) is 2. The summed E-state index contributed by atoms with van der Waals surface area (Å²) in [4.78, 5) is 29.1. The van der Waals surface area contributed by atoms with Crippen molar-refractivity contribution in [1.82, 2.24) is 9.88 Å². The highest BCUT2D eigenvalue weighted by atomic mass is 79.9. The molecule has 1 unspecified atom stereocenters. The Bertz CT molecular complexity index is 902. The van der Waals surface area contributed by atoms with Crippen LogP contribution in [0, 0.1) is 0 Å². The highest BCUT2D eigenvalue weighted by molar-refractivity contribution is 9.11. The Hall–Kier alpha value is -1.55. The fourth-order valence-electron chi connectivity index (χ4n) is 2.49. The summed E-state index contributed by atoms with van der Waals surface area (Å²) in [6.45, 7) is 0.480. The molecule has 0 fully saturated rings. The van der Waals surface area contributed by atoms with Crippen LogP contribution in [0.15, 0.2) is 35.4 Å². The molecule has 0 radical (unpaired) electrons. The van der Waals surface area contributed by atoms with Gasteiger partial charge in [0.2, 0.25) is 0 Å². The normalized spacial score (nSPS) is 17.0. The lowest BCUT2D eigenvalue weighted by Gasteiger charge is -2.25. The zero-order chi connectivity index (χ0) is 18.8. The first-order valence-corrected chi connectivity index (χ1v) is 10.3. The van der Waals surface area contributed by atoms with Crippen molar-refractivity contribution in [3.63, 3.8) is 0 Å². The first kappa shape index (κ1) is 19.2. The van der Waals surface area contributed by atoms with Crippen LogP contribution < -0.4 is 0 Å². The number of benzene rings is 1. The molecule has 1 aromatic heterocycles. The van der Waals surface area contributed by atoms with Gasteiger partial charge in [0.15, 0.2) is 0 Å². The Balaban J connectivity index is 1.88. The molecule has 2 N–H and O–H groups in total. The lowest BCUT2D eigenvalue weighted by molar-refractivity contribution is -0.131. The highest BCUT2D eigenvalue weighted by Crippen LogP contribution is 2.45. The molecule has 26 heavy (non-hydrogen) atoms. The van der Waals surface area contributed by atoms with E-state index in [0.717, 1.165) is 16.9 Å². The number of hydrogen-bond acceptors (Lipinski definition) is 6. The minimum absolute atomic E-state index is 0.183. The SMILES string of the molecule is O=C(O)C1=C(c2cccc(Cl)c2)N(CCc2ncc(C(=O)O)s2)C(Br)S1. The molecule has 3 rings (SSSR count). The van der Waals surface area contributed by atoms with Crippen LogP contribution in [0.4, 0.5) is 0 Å². The summed E-state index contributed by atoms with van der Waals surface area (Å²) in [7, 11) is 0. The maximum absolute atomic E-state index is 11.7. The van der Waals surface area contributed by atoms with Crippen molar-refractivity contribution in [2.24, 2.45) is 0 Å². The van der Waals surface area contributed by atoms with Crippen LogP contribution in [0.3, 0.4) is 0 Å². The van der Waals surface area contributed by atoms with Crippen LogP contribution in [0.1, 0.15) is 20.2 Å². The Labute approximate surface area is 170 Å². The summed E-state index contributed by atoms with van der Waals surface area (Å²) in [6, 6.07) is 7.04. The molecule has 0 aliphatic carbocycles. The van der Waals surface area contributed by atoms with Crippen molar-refractivity contribution in [2.75, 3.05) is 6.54 Å². The molecule has 0 amide bonds. The predicted octanol–water partition coefficient (Wildman–Crippen LogP) is 4.22. The number of carbonyl (C=O) groups is 2. The number of aromatic carboxylic acids is 1. The topological polar surface area (TPSA) is 90.7 Å². The van der Waals surface area contributed by atoms with Crippen LogP contribution in [0.2, 0.25) is 5.02 Å². The van der Waals surface area contributed by atoms with Crippen molar-refractivity contribution in [2.45, 2.75) is 10.7 Å². The van der Waals surface area contributed by atoms with Crippen molar-refractivity contribution in [3.05, 3.63) is 55.8 Å². The molecule has 1 aromatic carbocycles. The van der Waals surface area contributed by atoms with E-state index in [9.17, 15) is 14.7 Å². The molecule has 0 saturated carbocycles. The van der Waals surface area contributed by atoms with Crippen molar-refractivity contribution in [1.29, 1.82) is 0 Å². The van der Waals surface area contributed by atoms with Gasteiger partial charge in [-0.05, 0) is 12.1 Å². The summed E-state index contributed by atoms with van der Waals surface area (Å²) >= 11 is 11.9. The van der Waals surface area contributed by atoms with Gasteiger partial charge in [0.25, 0.3) is 0 Å². The Kier molecular flexibility index (Phi) is 5.91. The van der Waals surface area contributed by atoms with E-state index in [1.807, 2.05) is 11.0 Å². The number of halogens is 2. The minimum Gasteiger partial charge on any atom is -0.477 e. The maximum atomic E-state index is 11.7. The van der Waals surface area contributed by atoms with Crippen LogP contribution in [0.25, 0.3) is 5.70 Å². The molecule has 2 aromatic rings. The Morgan fingerprint density at radius 1 is 1.31 bits per heavy atom. The third-order valence-corrected chi connectivity index (χ3v) is 6.97. The Morgan fingerprint density at radius 2 is 2.08 bits per heavy atom. The standard InChI is InChI=1S/C16H12BrClN2O4S2/c17-16-20(5-4-11-19-7-10(25-11)14(21)22)12(13(26-16)15(23)24)8-2-1-3-9(18)6-8/h1-3,6-7,16H,4-5H2,(H,21,22)(H,23,24). The molecular weight excluding hydrogens is 464 g/mol. The van der Waals surface area contributed by atoms with E-state index in [-0.39, 0.29) is 14.1 Å². The van der Waals surface area contributed by atoms with E-state index in [1.54, 1.807) is 18.2 Å². The van der Waals surface area contributed by atoms with Gasteiger partial charge in [-0.3, -0.25) is 0 Å². The van der Waals surface area contributed by atoms with Crippen LogP contribution in [-0.2, 0) is 11.2 Å². The molecule has 1 aliphatic rings. The fourth-order valence-corrected chi connectivity index (χ4v) is 5.37. The molecule has 6 nitrogen and oxygen atoms in total. The molecule has 136 valence electrons. The molecule has 0 spiro atoms. The number of rotatable bonds is 6. The van der Waals surface area contributed by atoms with Gasteiger partial charge in [0, 0.05) is 23.6 Å². The second kappa shape index (κ2) is 7.99. The van der Waals surface area contributed by atoms with E-state index >= 15 is 0 Å². The first-order chi connectivity index (χ1) is 12.4. The van der Waals surface area contributed by atoms with Gasteiger partial charge in [-0.15, -0.1) is 11.3 Å². The quantitative estimate of drug-likeness (QED) is 0.477. The Morgan fingerprint density at radius 3 is 2.69 bits per heavy atom. The third kappa shape index (κ3) is 4.06. The zero-order valence-corrected chi connectivity index (χ0v) is 17.0. The van der Waals surface area contributed by atoms with Gasteiger partial charge < -0.3 is 15.1 Å². The number of carboxylic acid groups (broad SMARTS) is 2. The van der Waals surface area contributed by atoms with Crippen molar-refractivity contribution >= 4 is 68.3 Å². The van der Waals surface area contributed by atoms with Gasteiger partial charge in [0.05, 0.1) is 16.9 Å². The molecule has 0 bridgehead atoms.